The SMILES string of the molecule is O=C(NC1CCN(C2CC2)CC1)c1cccc(NS(=O)(=O)c2ccc3c(c2)OCCO3)c1. The standard InChI is InChI=1S/C23H27N3O5S/c27-23(24-17-8-10-26(11-9-17)19-4-5-19)16-2-1-3-18(14-16)25-32(28,29)20-6-7-21-22(15-20)31-13-12-30-21/h1-3,6-7,14-15,17,19,25H,4-5,8-13H2,(H,24,27). The van der Waals surface area contributed by atoms with Gasteiger partial charge in [0.25, 0.3) is 15.9 Å². The number of hydrogen-bond acceptors (Lipinski definition) is 6. The molecule has 3 aliphatic rings. The lowest BCUT2D eigenvalue weighted by Crippen LogP contribution is -2.45. The molecule has 2 aliphatic heterocycles. The second kappa shape index (κ2) is 8.63. The van der Waals surface area contributed by atoms with Crippen molar-refractivity contribution in [2.75, 3.05) is 31.0 Å². The lowest BCUT2D eigenvalue weighted by atomic mass is 10.0. The number of carbonyl (C=O) groups excluding carboxylic acids is 1. The van der Waals surface area contributed by atoms with E-state index in [-0.39, 0.29) is 16.8 Å². The topological polar surface area (TPSA) is 97.0 Å². The van der Waals surface area contributed by atoms with Crippen molar-refractivity contribution in [3.63, 3.8) is 0 Å². The number of fused-ring (bicyclic) bond motifs is 1. The van der Waals surface area contributed by atoms with Crippen LogP contribution in [0.4, 0.5) is 5.69 Å². The Balaban J connectivity index is 1.24. The lowest BCUT2D eigenvalue weighted by Gasteiger charge is -2.32. The van der Waals surface area contributed by atoms with Gasteiger partial charge in [0, 0.05) is 42.5 Å². The first kappa shape index (κ1) is 21.1. The predicted octanol–water partition coefficient (Wildman–Crippen LogP) is 2.62. The minimum atomic E-state index is -3.85. The van der Waals surface area contributed by atoms with Gasteiger partial charge in [0.05, 0.1) is 4.90 Å². The molecule has 2 aromatic carbocycles. The molecule has 1 amide bonds. The number of nitrogens with zero attached hydrogens (tertiary/aromatic N) is 1. The first-order valence-electron chi connectivity index (χ1n) is 11.1. The molecular weight excluding hydrogens is 430 g/mol. The van der Waals surface area contributed by atoms with Gasteiger partial charge in [-0.25, -0.2) is 8.42 Å². The number of rotatable bonds is 6. The van der Waals surface area contributed by atoms with E-state index in [4.69, 9.17) is 9.47 Å². The van der Waals surface area contributed by atoms with Crippen LogP contribution in [0.25, 0.3) is 0 Å². The van der Waals surface area contributed by atoms with Crippen molar-refractivity contribution in [3.8, 4) is 11.5 Å². The maximum absolute atomic E-state index is 12.9. The van der Waals surface area contributed by atoms with Gasteiger partial charge in [-0.05, 0) is 56.0 Å². The molecule has 2 N–H and O–H groups in total. The van der Waals surface area contributed by atoms with Gasteiger partial charge < -0.3 is 19.7 Å². The van der Waals surface area contributed by atoms with Gasteiger partial charge in [-0.1, -0.05) is 6.07 Å². The molecule has 0 bridgehead atoms. The number of piperidine rings is 1. The Morgan fingerprint density at radius 2 is 1.69 bits per heavy atom. The van der Waals surface area contributed by atoms with Crippen molar-refractivity contribution in [1.29, 1.82) is 0 Å². The average Bonchev–Trinajstić information content (AvgIpc) is 3.65. The van der Waals surface area contributed by atoms with Crippen LogP contribution in [0.2, 0.25) is 0 Å². The van der Waals surface area contributed by atoms with Crippen LogP contribution in [-0.4, -0.2) is 57.6 Å². The van der Waals surface area contributed by atoms with Gasteiger partial charge in [0.1, 0.15) is 13.2 Å². The van der Waals surface area contributed by atoms with Crippen LogP contribution in [0.3, 0.4) is 0 Å². The molecule has 0 unspecified atom stereocenters. The monoisotopic (exact) mass is 457 g/mol. The maximum Gasteiger partial charge on any atom is 0.262 e. The first-order chi connectivity index (χ1) is 15.5. The highest BCUT2D eigenvalue weighted by atomic mass is 32.2. The Hall–Kier alpha value is -2.78. The number of anilines is 1. The van der Waals surface area contributed by atoms with Crippen LogP contribution in [0.5, 0.6) is 11.5 Å². The van der Waals surface area contributed by atoms with Crippen molar-refractivity contribution in [2.24, 2.45) is 0 Å². The molecule has 0 atom stereocenters. The number of hydrogen-bond donors (Lipinski definition) is 2. The van der Waals surface area contributed by atoms with Gasteiger partial charge >= 0.3 is 0 Å². The van der Waals surface area contributed by atoms with Gasteiger partial charge in [0.15, 0.2) is 11.5 Å². The Morgan fingerprint density at radius 3 is 2.44 bits per heavy atom. The molecule has 1 saturated carbocycles. The quantitative estimate of drug-likeness (QED) is 0.692. The number of ether oxygens (including phenoxy) is 2. The van der Waals surface area contributed by atoms with E-state index < -0.39 is 10.0 Å². The number of likely N-dealkylation sites (tertiary alicyclic amines) is 1. The van der Waals surface area contributed by atoms with Crippen LogP contribution in [0, 0.1) is 0 Å². The van der Waals surface area contributed by atoms with Crippen molar-refractivity contribution in [1.82, 2.24) is 10.2 Å². The smallest absolute Gasteiger partial charge is 0.262 e. The first-order valence-corrected chi connectivity index (χ1v) is 12.5. The minimum Gasteiger partial charge on any atom is -0.486 e. The van der Waals surface area contributed by atoms with Crippen LogP contribution in [0.1, 0.15) is 36.0 Å². The van der Waals surface area contributed by atoms with E-state index in [2.05, 4.69) is 14.9 Å². The van der Waals surface area contributed by atoms with E-state index in [1.165, 1.54) is 25.0 Å². The van der Waals surface area contributed by atoms with Gasteiger partial charge in [0.2, 0.25) is 0 Å². The summed E-state index contributed by atoms with van der Waals surface area (Å²) in [6, 6.07) is 12.0. The van der Waals surface area contributed by atoms with Crippen LogP contribution in [0.15, 0.2) is 47.4 Å². The van der Waals surface area contributed by atoms with Crippen molar-refractivity contribution < 1.29 is 22.7 Å². The minimum absolute atomic E-state index is 0.0685. The van der Waals surface area contributed by atoms with Crippen LogP contribution < -0.4 is 19.5 Å². The third kappa shape index (κ3) is 4.68. The number of nitrogens with one attached hydrogen (secondary N) is 2. The summed E-state index contributed by atoms with van der Waals surface area (Å²) in [4.78, 5) is 15.3. The summed E-state index contributed by atoms with van der Waals surface area (Å²) in [6.45, 7) is 2.85. The Labute approximate surface area is 187 Å². The molecule has 2 fully saturated rings. The zero-order valence-electron chi connectivity index (χ0n) is 17.7. The molecule has 8 nitrogen and oxygen atoms in total. The highest BCUT2D eigenvalue weighted by Gasteiger charge is 2.32. The molecule has 170 valence electrons. The summed E-state index contributed by atoms with van der Waals surface area (Å²) < 4.78 is 39.2. The predicted molar refractivity (Wildman–Crippen MR) is 120 cm³/mol. The van der Waals surface area contributed by atoms with E-state index in [1.807, 2.05) is 0 Å². The number of amides is 1. The van der Waals surface area contributed by atoms with Crippen molar-refractivity contribution >= 4 is 21.6 Å². The highest BCUT2D eigenvalue weighted by Crippen LogP contribution is 2.33. The number of benzene rings is 2. The summed E-state index contributed by atoms with van der Waals surface area (Å²) in [5, 5.41) is 3.10. The Bertz CT molecular complexity index is 1110. The maximum atomic E-state index is 12.9. The van der Waals surface area contributed by atoms with E-state index >= 15 is 0 Å². The number of carbonyl (C=O) groups is 1. The molecule has 0 radical (unpaired) electrons. The second-order valence-corrected chi connectivity index (χ2v) is 10.2. The van der Waals surface area contributed by atoms with Gasteiger partial charge in [-0.3, -0.25) is 9.52 Å². The fraction of sp³-hybridized carbons (Fsp3) is 0.435. The number of sulfonamides is 1. The Kier molecular flexibility index (Phi) is 5.69. The third-order valence-corrected chi connectivity index (χ3v) is 7.51. The molecule has 32 heavy (non-hydrogen) atoms. The molecule has 0 aromatic heterocycles. The zero-order valence-corrected chi connectivity index (χ0v) is 18.6. The summed E-state index contributed by atoms with van der Waals surface area (Å²) in [7, 11) is -3.85. The summed E-state index contributed by atoms with van der Waals surface area (Å²) in [5.41, 5.74) is 0.757. The molecule has 0 spiro atoms. The van der Waals surface area contributed by atoms with E-state index in [9.17, 15) is 13.2 Å². The average molecular weight is 458 g/mol. The van der Waals surface area contributed by atoms with Gasteiger partial charge in [-0.2, -0.15) is 0 Å². The molecule has 1 saturated heterocycles. The van der Waals surface area contributed by atoms with Crippen molar-refractivity contribution in [3.05, 3.63) is 48.0 Å². The van der Waals surface area contributed by atoms with E-state index in [0.29, 0.717) is 36.0 Å². The Morgan fingerprint density at radius 1 is 0.938 bits per heavy atom. The molecule has 2 aromatic rings. The molecular formula is C23H27N3O5S. The summed E-state index contributed by atoms with van der Waals surface area (Å²) in [6.07, 6.45) is 4.48. The van der Waals surface area contributed by atoms with E-state index in [1.54, 1.807) is 30.3 Å². The summed E-state index contributed by atoms with van der Waals surface area (Å²) >= 11 is 0. The van der Waals surface area contributed by atoms with E-state index in [0.717, 1.165) is 32.0 Å². The highest BCUT2D eigenvalue weighted by molar-refractivity contribution is 7.92. The second-order valence-electron chi connectivity index (χ2n) is 8.51. The van der Waals surface area contributed by atoms with Crippen molar-refractivity contribution in [2.45, 2.75) is 42.7 Å². The molecule has 1 aliphatic carbocycles. The molecule has 9 heteroatoms. The summed E-state index contributed by atoms with van der Waals surface area (Å²) in [5.74, 6) is 0.743. The zero-order chi connectivity index (χ0) is 22.1. The van der Waals surface area contributed by atoms with Crippen LogP contribution in [-0.2, 0) is 10.0 Å². The van der Waals surface area contributed by atoms with Crippen LogP contribution >= 0.6 is 0 Å². The molecule has 2 heterocycles. The normalized spacial score (nSPS) is 19.4. The van der Waals surface area contributed by atoms with Gasteiger partial charge in [-0.15, -0.1) is 0 Å². The fourth-order valence-electron chi connectivity index (χ4n) is 4.25. The fourth-order valence-corrected chi connectivity index (χ4v) is 5.31. The molecule has 5 rings (SSSR count). The third-order valence-electron chi connectivity index (χ3n) is 6.13. The largest absolute Gasteiger partial charge is 0.486 e. The lowest BCUT2D eigenvalue weighted by molar-refractivity contribution is 0.0909.